The first-order valence-corrected chi connectivity index (χ1v) is 14.3. The highest BCUT2D eigenvalue weighted by atomic mass is 35.5. The fourth-order valence-electron chi connectivity index (χ4n) is 5.15. The van der Waals surface area contributed by atoms with Gasteiger partial charge in [0.25, 0.3) is 0 Å². The summed E-state index contributed by atoms with van der Waals surface area (Å²) in [5.41, 5.74) is 9.70. The van der Waals surface area contributed by atoms with Crippen molar-refractivity contribution in [2.75, 3.05) is 39.2 Å². The SMILES string of the molecule is COc1cc2ncn(-c3cc(O[C@H](C)c4cccc(NCC5CCNCC5)c4Cl)c(S)c(C(N)=O)c3)c2cc1OC. The lowest BCUT2D eigenvalue weighted by Crippen LogP contribution is -2.31. The van der Waals surface area contributed by atoms with Crippen molar-refractivity contribution >= 4 is 46.9 Å². The lowest BCUT2D eigenvalue weighted by Gasteiger charge is -2.24. The van der Waals surface area contributed by atoms with Gasteiger partial charge >= 0.3 is 0 Å². The van der Waals surface area contributed by atoms with Crippen LogP contribution in [0.2, 0.25) is 5.02 Å². The van der Waals surface area contributed by atoms with E-state index in [1.807, 2.05) is 35.8 Å². The molecule has 1 aliphatic rings. The minimum atomic E-state index is -0.625. The molecule has 1 saturated heterocycles. The number of hydrogen-bond acceptors (Lipinski definition) is 8. The minimum Gasteiger partial charge on any atom is -0.493 e. The van der Waals surface area contributed by atoms with Crippen LogP contribution in [0, 0.1) is 5.92 Å². The predicted octanol–water partition coefficient (Wildman–Crippen LogP) is 5.64. The lowest BCUT2D eigenvalue weighted by atomic mass is 9.98. The Morgan fingerprint density at radius 3 is 2.61 bits per heavy atom. The second-order valence-electron chi connectivity index (χ2n) is 10.1. The molecule has 3 aromatic carbocycles. The van der Waals surface area contributed by atoms with Gasteiger partial charge in [0.05, 0.1) is 52.1 Å². The van der Waals surface area contributed by atoms with E-state index in [2.05, 4.69) is 28.2 Å². The van der Waals surface area contributed by atoms with Gasteiger partial charge in [-0.15, -0.1) is 12.6 Å². The first-order valence-electron chi connectivity index (χ1n) is 13.5. The molecule has 41 heavy (non-hydrogen) atoms. The summed E-state index contributed by atoms with van der Waals surface area (Å²) in [6.07, 6.45) is 3.48. The molecule has 1 atom stereocenters. The molecular weight excluding hydrogens is 562 g/mol. The fourth-order valence-corrected chi connectivity index (χ4v) is 5.78. The summed E-state index contributed by atoms with van der Waals surface area (Å²) in [5.74, 6) is 1.48. The van der Waals surface area contributed by atoms with Gasteiger partial charge in [-0.3, -0.25) is 9.36 Å². The van der Waals surface area contributed by atoms with Crippen LogP contribution in [0.25, 0.3) is 16.7 Å². The van der Waals surface area contributed by atoms with Gasteiger partial charge in [-0.25, -0.2) is 4.98 Å². The largest absolute Gasteiger partial charge is 0.493 e. The summed E-state index contributed by atoms with van der Waals surface area (Å²) in [6.45, 7) is 4.85. The molecular formula is C30H34ClN5O4S. The molecule has 0 spiro atoms. The molecule has 0 bridgehead atoms. The normalized spacial score (nSPS) is 14.6. The molecule has 0 radical (unpaired) electrons. The van der Waals surface area contributed by atoms with E-state index in [1.165, 1.54) is 0 Å². The van der Waals surface area contributed by atoms with E-state index < -0.39 is 12.0 Å². The average molecular weight is 596 g/mol. The van der Waals surface area contributed by atoms with E-state index in [0.29, 0.717) is 44.3 Å². The number of aromatic nitrogens is 2. The monoisotopic (exact) mass is 595 g/mol. The zero-order valence-electron chi connectivity index (χ0n) is 23.2. The van der Waals surface area contributed by atoms with Crippen LogP contribution in [0.5, 0.6) is 17.2 Å². The highest BCUT2D eigenvalue weighted by Gasteiger charge is 2.21. The summed E-state index contributed by atoms with van der Waals surface area (Å²) in [5, 5.41) is 7.51. The van der Waals surface area contributed by atoms with Crippen molar-refractivity contribution in [3.63, 3.8) is 0 Å². The van der Waals surface area contributed by atoms with Gasteiger partial charge in [-0.1, -0.05) is 23.7 Å². The topological polar surface area (TPSA) is 113 Å². The van der Waals surface area contributed by atoms with Crippen molar-refractivity contribution in [3.05, 3.63) is 64.9 Å². The maximum absolute atomic E-state index is 12.4. The quantitative estimate of drug-likeness (QED) is 0.176. The molecule has 1 fully saturated rings. The molecule has 0 unspecified atom stereocenters. The van der Waals surface area contributed by atoms with Crippen LogP contribution in [-0.2, 0) is 0 Å². The summed E-state index contributed by atoms with van der Waals surface area (Å²) in [7, 11) is 3.14. The number of nitrogens with zero attached hydrogens (tertiary/aromatic N) is 2. The molecule has 9 nitrogen and oxygen atoms in total. The fraction of sp³-hybridized carbons (Fsp3) is 0.333. The molecule has 5 rings (SSSR count). The van der Waals surface area contributed by atoms with Crippen LogP contribution in [-0.4, -0.2) is 49.3 Å². The maximum atomic E-state index is 12.4. The Bertz CT molecular complexity index is 1570. The van der Waals surface area contributed by atoms with Crippen molar-refractivity contribution in [2.24, 2.45) is 11.7 Å². The van der Waals surface area contributed by atoms with E-state index in [1.54, 1.807) is 38.7 Å². The molecule has 4 aromatic rings. The van der Waals surface area contributed by atoms with E-state index >= 15 is 0 Å². The highest BCUT2D eigenvalue weighted by Crippen LogP contribution is 2.38. The number of rotatable bonds is 10. The van der Waals surface area contributed by atoms with Gasteiger partial charge in [-0.05, 0) is 50.9 Å². The lowest BCUT2D eigenvalue weighted by molar-refractivity contribution is 0.0996. The molecule has 2 heterocycles. The molecule has 0 aliphatic carbocycles. The smallest absolute Gasteiger partial charge is 0.250 e. The van der Waals surface area contributed by atoms with Crippen LogP contribution in [0.3, 0.4) is 0 Å². The van der Waals surface area contributed by atoms with Crippen LogP contribution >= 0.6 is 24.2 Å². The van der Waals surface area contributed by atoms with Crippen molar-refractivity contribution in [1.29, 1.82) is 0 Å². The summed E-state index contributed by atoms with van der Waals surface area (Å²) in [6, 6.07) is 12.9. The van der Waals surface area contributed by atoms with Gasteiger partial charge in [0.15, 0.2) is 11.5 Å². The van der Waals surface area contributed by atoms with Crippen molar-refractivity contribution < 1.29 is 19.0 Å². The van der Waals surface area contributed by atoms with E-state index in [9.17, 15) is 4.79 Å². The number of thiol groups is 1. The molecule has 1 aromatic heterocycles. The Labute approximate surface area is 249 Å². The van der Waals surface area contributed by atoms with Gasteiger partial charge in [-0.2, -0.15) is 0 Å². The number of carbonyl (C=O) groups is 1. The first-order chi connectivity index (χ1) is 19.8. The standard InChI is InChI=1S/C30H34ClN5O4S/c1-17(20-5-4-6-22(28(20)31)34-15-18-7-9-33-10-8-18)40-27-12-19(11-21(29(27)41)30(32)37)36-16-35-23-13-25(38-2)26(39-3)14-24(23)36/h4-6,11-14,16-18,33-34,41H,7-10,15H2,1-3H3,(H2,32,37)/t17-/m1/s1. The van der Waals surface area contributed by atoms with Crippen LogP contribution < -0.4 is 30.6 Å². The number of nitrogens with one attached hydrogen (secondary N) is 2. The second kappa shape index (κ2) is 12.5. The molecule has 216 valence electrons. The van der Waals surface area contributed by atoms with E-state index in [0.717, 1.165) is 49.2 Å². The van der Waals surface area contributed by atoms with Gasteiger partial charge in [0, 0.05) is 30.3 Å². The summed E-state index contributed by atoms with van der Waals surface area (Å²) >= 11 is 11.5. The molecule has 1 aliphatic heterocycles. The zero-order valence-corrected chi connectivity index (χ0v) is 24.9. The number of methoxy groups -OCH3 is 2. The number of carbonyl (C=O) groups excluding carboxylic acids is 1. The minimum absolute atomic E-state index is 0.221. The molecule has 4 N–H and O–H groups in total. The average Bonchev–Trinajstić information content (AvgIpc) is 3.40. The van der Waals surface area contributed by atoms with Crippen molar-refractivity contribution in [1.82, 2.24) is 14.9 Å². The van der Waals surface area contributed by atoms with Gasteiger partial charge in [0.2, 0.25) is 5.91 Å². The third kappa shape index (κ3) is 6.05. The van der Waals surface area contributed by atoms with Crippen LogP contribution in [0.4, 0.5) is 5.69 Å². The number of hydrogen-bond donors (Lipinski definition) is 4. The number of piperidine rings is 1. The zero-order chi connectivity index (χ0) is 29.1. The number of fused-ring (bicyclic) bond motifs is 1. The number of nitrogens with two attached hydrogens (primary N) is 1. The predicted molar refractivity (Wildman–Crippen MR) is 165 cm³/mol. The van der Waals surface area contributed by atoms with Crippen LogP contribution in [0.1, 0.15) is 41.8 Å². The van der Waals surface area contributed by atoms with Crippen molar-refractivity contribution in [3.8, 4) is 22.9 Å². The highest BCUT2D eigenvalue weighted by molar-refractivity contribution is 7.80. The number of anilines is 1. The molecule has 1 amide bonds. The second-order valence-corrected chi connectivity index (χ2v) is 10.9. The molecule has 0 saturated carbocycles. The third-order valence-electron chi connectivity index (χ3n) is 7.47. The maximum Gasteiger partial charge on any atom is 0.250 e. The van der Waals surface area contributed by atoms with Gasteiger partial charge in [0.1, 0.15) is 18.2 Å². The van der Waals surface area contributed by atoms with Gasteiger partial charge < -0.3 is 30.6 Å². The van der Waals surface area contributed by atoms with E-state index in [4.69, 9.17) is 31.5 Å². The third-order valence-corrected chi connectivity index (χ3v) is 8.35. The van der Waals surface area contributed by atoms with Crippen LogP contribution in [0.15, 0.2) is 53.7 Å². The Hall–Kier alpha value is -3.60. The number of ether oxygens (including phenoxy) is 3. The number of halogens is 1. The Balaban J connectivity index is 1.46. The Morgan fingerprint density at radius 2 is 1.90 bits per heavy atom. The number of amides is 1. The first kappa shape index (κ1) is 28.9. The van der Waals surface area contributed by atoms with E-state index in [-0.39, 0.29) is 5.56 Å². The Morgan fingerprint density at radius 1 is 1.17 bits per heavy atom. The number of benzene rings is 3. The Kier molecular flexibility index (Phi) is 8.82. The summed E-state index contributed by atoms with van der Waals surface area (Å²) in [4.78, 5) is 17.3. The molecule has 11 heteroatoms. The van der Waals surface area contributed by atoms with Crippen molar-refractivity contribution in [2.45, 2.75) is 30.8 Å². The summed E-state index contributed by atoms with van der Waals surface area (Å²) < 4.78 is 19.1. The number of imidazole rings is 1. The number of primary amides is 1.